The zero-order chi connectivity index (χ0) is 10.6. The van der Waals surface area contributed by atoms with E-state index < -0.39 is 12.0 Å². The third-order valence-corrected chi connectivity index (χ3v) is 1.72. The smallest absolute Gasteiger partial charge is 0.248 e. The number of nitrogens with two attached hydrogens (primary N) is 1. The van der Waals surface area contributed by atoms with Crippen molar-refractivity contribution in [2.75, 3.05) is 11.9 Å². The molecule has 1 aromatic rings. The van der Waals surface area contributed by atoms with Gasteiger partial charge in [0.15, 0.2) is 11.0 Å². The van der Waals surface area contributed by atoms with E-state index in [1.165, 1.54) is 12.4 Å². The number of hydrogen-bond acceptors (Lipinski definition) is 5. The minimum absolute atomic E-state index is 0.0479. The lowest BCUT2D eigenvalue weighted by molar-refractivity contribution is -0.125. The number of aliphatic hydroxyl groups excluding tert-OH is 1. The lowest BCUT2D eigenvalue weighted by atomic mass is 10.3. The van der Waals surface area contributed by atoms with E-state index in [9.17, 15) is 4.79 Å². The minimum Gasteiger partial charge on any atom is -0.381 e. The summed E-state index contributed by atoms with van der Waals surface area (Å²) in [6, 6.07) is 0. The Morgan fingerprint density at radius 3 is 2.86 bits per heavy atom. The maximum Gasteiger partial charge on any atom is 0.248 e. The van der Waals surface area contributed by atoms with E-state index >= 15 is 0 Å². The zero-order valence-electron chi connectivity index (χ0n) is 7.14. The van der Waals surface area contributed by atoms with Crippen molar-refractivity contribution in [1.82, 2.24) is 9.97 Å². The summed E-state index contributed by atoms with van der Waals surface area (Å²) in [6.45, 7) is -0.0479. The normalized spacial score (nSPS) is 12.1. The molecule has 0 saturated carbocycles. The fraction of sp³-hybridized carbons (Fsp3) is 0.286. The average Bonchev–Trinajstić information content (AvgIpc) is 2.16. The zero-order valence-corrected chi connectivity index (χ0v) is 7.90. The number of aromatic nitrogens is 2. The molecular weight excluding hydrogens is 208 g/mol. The van der Waals surface area contributed by atoms with Crippen molar-refractivity contribution in [3.05, 3.63) is 17.5 Å². The summed E-state index contributed by atoms with van der Waals surface area (Å²) in [4.78, 5) is 18.1. The summed E-state index contributed by atoms with van der Waals surface area (Å²) in [5.41, 5.74) is 4.84. The average molecular weight is 217 g/mol. The summed E-state index contributed by atoms with van der Waals surface area (Å²) >= 11 is 5.65. The van der Waals surface area contributed by atoms with Crippen LogP contribution < -0.4 is 11.1 Å². The van der Waals surface area contributed by atoms with Crippen LogP contribution in [0.1, 0.15) is 0 Å². The number of carbonyl (C=O) groups excluding carboxylic acids is 1. The summed E-state index contributed by atoms with van der Waals surface area (Å²) < 4.78 is 0. The van der Waals surface area contributed by atoms with Gasteiger partial charge in [-0.05, 0) is 0 Å². The lowest BCUT2D eigenvalue weighted by Gasteiger charge is -2.08. The van der Waals surface area contributed by atoms with E-state index in [0.717, 1.165) is 0 Å². The Labute approximate surface area is 85.1 Å². The summed E-state index contributed by atoms with van der Waals surface area (Å²) in [5.74, 6) is -0.507. The van der Waals surface area contributed by atoms with Crippen molar-refractivity contribution in [3.8, 4) is 0 Å². The molecule has 6 nitrogen and oxygen atoms in total. The van der Waals surface area contributed by atoms with Crippen molar-refractivity contribution in [3.63, 3.8) is 0 Å². The Morgan fingerprint density at radius 2 is 2.29 bits per heavy atom. The molecule has 1 heterocycles. The fourth-order valence-corrected chi connectivity index (χ4v) is 0.906. The molecule has 0 bridgehead atoms. The van der Waals surface area contributed by atoms with Crippen LogP contribution in [0, 0.1) is 0 Å². The topological polar surface area (TPSA) is 101 Å². The molecule has 0 aliphatic heterocycles. The second-order valence-electron chi connectivity index (χ2n) is 2.49. The number of primary amides is 1. The standard InChI is InChI=1S/C7H9ClN4O2/c8-5-7(11-2-1-10-5)12-3-4(13)6(9)14/h1-2,4,13H,3H2,(H2,9,14)(H,11,12). The van der Waals surface area contributed by atoms with Gasteiger partial charge in [-0.25, -0.2) is 9.97 Å². The molecule has 0 aliphatic rings. The molecular formula is C7H9ClN4O2. The van der Waals surface area contributed by atoms with E-state index in [0.29, 0.717) is 5.82 Å². The van der Waals surface area contributed by atoms with Crippen LogP contribution in [0.4, 0.5) is 5.82 Å². The molecule has 0 saturated heterocycles. The van der Waals surface area contributed by atoms with Gasteiger partial charge in [-0.3, -0.25) is 4.79 Å². The van der Waals surface area contributed by atoms with Crippen LogP contribution in [0.15, 0.2) is 12.4 Å². The summed E-state index contributed by atoms with van der Waals surface area (Å²) in [5, 5.41) is 11.9. The molecule has 0 aliphatic carbocycles. The van der Waals surface area contributed by atoms with Gasteiger partial charge in [0.25, 0.3) is 0 Å². The molecule has 1 amide bonds. The number of hydrogen-bond donors (Lipinski definition) is 3. The predicted molar refractivity (Wildman–Crippen MR) is 50.7 cm³/mol. The van der Waals surface area contributed by atoms with Crippen LogP contribution in [0.25, 0.3) is 0 Å². The second kappa shape index (κ2) is 4.73. The van der Waals surface area contributed by atoms with Gasteiger partial charge >= 0.3 is 0 Å². The molecule has 0 fully saturated rings. The fourth-order valence-electron chi connectivity index (χ4n) is 0.734. The predicted octanol–water partition coefficient (Wildman–Crippen LogP) is -0.612. The van der Waals surface area contributed by atoms with Gasteiger partial charge in [0.2, 0.25) is 5.91 Å². The van der Waals surface area contributed by atoms with Gasteiger partial charge in [0.1, 0.15) is 6.10 Å². The molecule has 0 aromatic carbocycles. The Kier molecular flexibility index (Phi) is 3.61. The highest BCUT2D eigenvalue weighted by molar-refractivity contribution is 6.31. The van der Waals surface area contributed by atoms with Crippen LogP contribution >= 0.6 is 11.6 Å². The van der Waals surface area contributed by atoms with E-state index in [-0.39, 0.29) is 11.7 Å². The van der Waals surface area contributed by atoms with Crippen LogP contribution in [0.2, 0.25) is 5.15 Å². The van der Waals surface area contributed by atoms with Gasteiger partial charge in [-0.15, -0.1) is 0 Å². The lowest BCUT2D eigenvalue weighted by Crippen LogP contribution is -2.34. The van der Waals surface area contributed by atoms with Crippen molar-refractivity contribution < 1.29 is 9.90 Å². The highest BCUT2D eigenvalue weighted by atomic mass is 35.5. The first-order valence-electron chi connectivity index (χ1n) is 3.79. The number of aliphatic hydroxyl groups is 1. The van der Waals surface area contributed by atoms with E-state index in [2.05, 4.69) is 15.3 Å². The quantitative estimate of drug-likeness (QED) is 0.623. The van der Waals surface area contributed by atoms with E-state index in [1.54, 1.807) is 0 Å². The first-order chi connectivity index (χ1) is 6.61. The molecule has 1 aromatic heterocycles. The van der Waals surface area contributed by atoms with Crippen LogP contribution in [-0.2, 0) is 4.79 Å². The molecule has 0 radical (unpaired) electrons. The SMILES string of the molecule is NC(=O)C(O)CNc1nccnc1Cl. The monoisotopic (exact) mass is 216 g/mol. The highest BCUT2D eigenvalue weighted by Gasteiger charge is 2.11. The number of carbonyl (C=O) groups is 1. The summed E-state index contributed by atoms with van der Waals surface area (Å²) in [7, 11) is 0. The van der Waals surface area contributed by atoms with Crippen molar-refractivity contribution in [2.24, 2.45) is 5.73 Å². The van der Waals surface area contributed by atoms with Gasteiger partial charge in [-0.1, -0.05) is 11.6 Å². The molecule has 7 heteroatoms. The molecule has 1 atom stereocenters. The Bertz CT molecular complexity index is 333. The number of nitrogens with zero attached hydrogens (tertiary/aromatic N) is 2. The van der Waals surface area contributed by atoms with Crippen LogP contribution in [-0.4, -0.2) is 33.6 Å². The first kappa shape index (κ1) is 10.7. The molecule has 4 N–H and O–H groups in total. The van der Waals surface area contributed by atoms with Gasteiger partial charge < -0.3 is 16.2 Å². The van der Waals surface area contributed by atoms with Crippen molar-refractivity contribution >= 4 is 23.3 Å². The maximum atomic E-state index is 10.5. The van der Waals surface area contributed by atoms with Crippen molar-refractivity contribution in [1.29, 1.82) is 0 Å². The number of nitrogens with one attached hydrogen (secondary N) is 1. The number of amides is 1. The van der Waals surface area contributed by atoms with Gasteiger partial charge in [0.05, 0.1) is 6.54 Å². The molecule has 14 heavy (non-hydrogen) atoms. The summed E-state index contributed by atoms with van der Waals surface area (Å²) in [6.07, 6.45) is 1.59. The third-order valence-electron chi connectivity index (χ3n) is 1.44. The number of halogens is 1. The number of rotatable bonds is 4. The number of anilines is 1. The van der Waals surface area contributed by atoms with Crippen LogP contribution in [0.5, 0.6) is 0 Å². The molecule has 0 spiro atoms. The van der Waals surface area contributed by atoms with Gasteiger partial charge in [-0.2, -0.15) is 0 Å². The molecule has 1 unspecified atom stereocenters. The first-order valence-corrected chi connectivity index (χ1v) is 4.17. The Hall–Kier alpha value is -1.40. The second-order valence-corrected chi connectivity index (χ2v) is 2.85. The third kappa shape index (κ3) is 2.82. The molecule has 1 rings (SSSR count). The van der Waals surface area contributed by atoms with Gasteiger partial charge in [0, 0.05) is 12.4 Å². The Balaban J connectivity index is 2.54. The van der Waals surface area contributed by atoms with Crippen LogP contribution in [0.3, 0.4) is 0 Å². The van der Waals surface area contributed by atoms with E-state index in [1.807, 2.05) is 0 Å². The maximum absolute atomic E-state index is 10.5. The van der Waals surface area contributed by atoms with Crippen molar-refractivity contribution in [2.45, 2.75) is 6.10 Å². The highest BCUT2D eigenvalue weighted by Crippen LogP contribution is 2.13. The Morgan fingerprint density at radius 1 is 1.64 bits per heavy atom. The van der Waals surface area contributed by atoms with E-state index in [4.69, 9.17) is 22.4 Å². The molecule has 76 valence electrons. The minimum atomic E-state index is -1.27. The largest absolute Gasteiger partial charge is 0.381 e.